The summed E-state index contributed by atoms with van der Waals surface area (Å²) >= 11 is 0. The molecule has 0 spiro atoms. The SMILES string of the molecule is COCC12CC(O)CN1CC(F)C2. The van der Waals surface area contributed by atoms with Crippen LogP contribution in [0.15, 0.2) is 0 Å². The number of alkyl halides is 1. The molecule has 3 atom stereocenters. The number of aliphatic hydroxyl groups excluding tert-OH is 1. The van der Waals surface area contributed by atoms with Gasteiger partial charge in [0.05, 0.1) is 12.7 Å². The highest BCUT2D eigenvalue weighted by atomic mass is 19.1. The van der Waals surface area contributed by atoms with Crippen molar-refractivity contribution in [3.05, 3.63) is 0 Å². The molecule has 2 saturated heterocycles. The number of hydrogen-bond donors (Lipinski definition) is 1. The third kappa shape index (κ3) is 1.47. The summed E-state index contributed by atoms with van der Waals surface area (Å²) in [5.74, 6) is 0. The van der Waals surface area contributed by atoms with Gasteiger partial charge < -0.3 is 9.84 Å². The number of nitrogens with zero attached hydrogens (tertiary/aromatic N) is 1. The fourth-order valence-corrected chi connectivity index (χ4v) is 2.75. The van der Waals surface area contributed by atoms with Crippen molar-refractivity contribution in [2.24, 2.45) is 0 Å². The minimum atomic E-state index is -0.748. The molecule has 0 aromatic rings. The second kappa shape index (κ2) is 3.19. The number of methoxy groups -OCH3 is 1. The van der Waals surface area contributed by atoms with E-state index in [1.54, 1.807) is 7.11 Å². The number of hydrogen-bond acceptors (Lipinski definition) is 3. The maximum absolute atomic E-state index is 13.2. The smallest absolute Gasteiger partial charge is 0.115 e. The molecule has 0 aromatic carbocycles. The molecule has 3 nitrogen and oxygen atoms in total. The number of β-amino-alcohol motifs (C(OH)–C–C–N with tert-alkyl or cyclic N) is 1. The molecular weight excluding hydrogens is 173 g/mol. The Morgan fingerprint density at radius 1 is 1.54 bits per heavy atom. The van der Waals surface area contributed by atoms with Crippen molar-refractivity contribution in [1.29, 1.82) is 0 Å². The highest BCUT2D eigenvalue weighted by Gasteiger charge is 2.51. The van der Waals surface area contributed by atoms with Gasteiger partial charge in [0.25, 0.3) is 0 Å². The Hall–Kier alpha value is -0.190. The van der Waals surface area contributed by atoms with E-state index in [1.807, 2.05) is 4.90 Å². The maximum Gasteiger partial charge on any atom is 0.115 e. The van der Waals surface area contributed by atoms with Gasteiger partial charge in [-0.15, -0.1) is 0 Å². The summed E-state index contributed by atoms with van der Waals surface area (Å²) in [6.07, 6.45) is 0.115. The average Bonchev–Trinajstić information content (AvgIpc) is 2.40. The van der Waals surface area contributed by atoms with Gasteiger partial charge in [0.15, 0.2) is 0 Å². The monoisotopic (exact) mass is 189 g/mol. The zero-order valence-corrected chi connectivity index (χ0v) is 7.87. The molecule has 0 amide bonds. The van der Waals surface area contributed by atoms with E-state index in [-0.39, 0.29) is 11.6 Å². The van der Waals surface area contributed by atoms with Crippen LogP contribution in [-0.4, -0.2) is 54.6 Å². The summed E-state index contributed by atoms with van der Waals surface area (Å²) in [5.41, 5.74) is -0.215. The van der Waals surface area contributed by atoms with Crippen LogP contribution in [0.1, 0.15) is 12.8 Å². The largest absolute Gasteiger partial charge is 0.392 e. The molecule has 3 unspecified atom stereocenters. The van der Waals surface area contributed by atoms with Gasteiger partial charge in [0, 0.05) is 32.2 Å². The Morgan fingerprint density at radius 2 is 2.31 bits per heavy atom. The van der Waals surface area contributed by atoms with Crippen LogP contribution in [0.2, 0.25) is 0 Å². The Balaban J connectivity index is 2.11. The number of halogens is 1. The molecular formula is C9H16FNO2. The summed E-state index contributed by atoms with van der Waals surface area (Å²) in [6, 6.07) is 0. The van der Waals surface area contributed by atoms with E-state index in [0.717, 1.165) is 0 Å². The Morgan fingerprint density at radius 3 is 3.00 bits per heavy atom. The second-order valence-corrected chi connectivity index (χ2v) is 4.22. The zero-order valence-electron chi connectivity index (χ0n) is 7.87. The Kier molecular flexibility index (Phi) is 2.30. The third-order valence-corrected chi connectivity index (χ3v) is 3.15. The lowest BCUT2D eigenvalue weighted by atomic mass is 9.94. The molecule has 2 aliphatic heterocycles. The Labute approximate surface area is 77.5 Å². The number of ether oxygens (including phenoxy) is 1. The summed E-state index contributed by atoms with van der Waals surface area (Å²) in [5, 5.41) is 9.49. The molecule has 0 saturated carbocycles. The van der Waals surface area contributed by atoms with E-state index < -0.39 is 6.17 Å². The predicted octanol–water partition coefficient (Wildman–Crippen LogP) is 0.180. The first-order valence-electron chi connectivity index (χ1n) is 4.72. The third-order valence-electron chi connectivity index (χ3n) is 3.15. The molecule has 2 fully saturated rings. The van der Waals surface area contributed by atoms with Gasteiger partial charge in [-0.2, -0.15) is 0 Å². The van der Waals surface area contributed by atoms with Crippen LogP contribution in [0.3, 0.4) is 0 Å². The van der Waals surface area contributed by atoms with Crippen LogP contribution in [0.4, 0.5) is 4.39 Å². The van der Waals surface area contributed by atoms with Crippen molar-refractivity contribution in [3.8, 4) is 0 Å². The molecule has 0 bridgehead atoms. The van der Waals surface area contributed by atoms with Crippen molar-refractivity contribution < 1.29 is 14.2 Å². The van der Waals surface area contributed by atoms with E-state index in [0.29, 0.717) is 32.5 Å². The zero-order chi connectivity index (χ0) is 9.47. The first-order chi connectivity index (χ1) is 6.16. The van der Waals surface area contributed by atoms with Crippen LogP contribution in [-0.2, 0) is 4.74 Å². The first-order valence-corrected chi connectivity index (χ1v) is 4.72. The fraction of sp³-hybridized carbons (Fsp3) is 1.00. The minimum Gasteiger partial charge on any atom is -0.392 e. The summed E-state index contributed by atoms with van der Waals surface area (Å²) < 4.78 is 18.3. The molecule has 76 valence electrons. The van der Waals surface area contributed by atoms with Gasteiger partial charge in [-0.05, 0) is 6.42 Å². The van der Waals surface area contributed by atoms with Crippen molar-refractivity contribution in [1.82, 2.24) is 4.90 Å². The number of fused-ring (bicyclic) bond motifs is 1. The summed E-state index contributed by atoms with van der Waals surface area (Å²) in [7, 11) is 1.63. The van der Waals surface area contributed by atoms with Crippen molar-refractivity contribution >= 4 is 0 Å². The van der Waals surface area contributed by atoms with Gasteiger partial charge in [-0.3, -0.25) is 4.90 Å². The van der Waals surface area contributed by atoms with Crippen molar-refractivity contribution in [3.63, 3.8) is 0 Å². The lowest BCUT2D eigenvalue weighted by molar-refractivity contribution is 0.0641. The van der Waals surface area contributed by atoms with Crippen LogP contribution >= 0.6 is 0 Å². The fourth-order valence-electron chi connectivity index (χ4n) is 2.75. The maximum atomic E-state index is 13.2. The van der Waals surface area contributed by atoms with Crippen molar-refractivity contribution in [2.75, 3.05) is 26.8 Å². The molecule has 2 rings (SSSR count). The molecule has 0 radical (unpaired) electrons. The van der Waals surface area contributed by atoms with E-state index in [2.05, 4.69) is 0 Å². The second-order valence-electron chi connectivity index (χ2n) is 4.22. The van der Waals surface area contributed by atoms with Gasteiger partial charge in [-0.1, -0.05) is 0 Å². The molecule has 0 aromatic heterocycles. The van der Waals surface area contributed by atoms with E-state index in [1.165, 1.54) is 0 Å². The van der Waals surface area contributed by atoms with Crippen molar-refractivity contribution in [2.45, 2.75) is 30.7 Å². The predicted molar refractivity (Wildman–Crippen MR) is 46.3 cm³/mol. The molecule has 2 heterocycles. The average molecular weight is 189 g/mol. The van der Waals surface area contributed by atoms with Crippen LogP contribution < -0.4 is 0 Å². The minimum absolute atomic E-state index is 0.215. The summed E-state index contributed by atoms with van der Waals surface area (Å²) in [6.45, 7) is 1.59. The van der Waals surface area contributed by atoms with Gasteiger partial charge in [-0.25, -0.2) is 4.39 Å². The normalized spacial score (nSPS) is 45.5. The van der Waals surface area contributed by atoms with Gasteiger partial charge >= 0.3 is 0 Å². The number of aliphatic hydroxyl groups is 1. The highest BCUT2D eigenvalue weighted by molar-refractivity contribution is 5.06. The van der Waals surface area contributed by atoms with Gasteiger partial charge in [0.2, 0.25) is 0 Å². The van der Waals surface area contributed by atoms with Crippen LogP contribution in [0.5, 0.6) is 0 Å². The van der Waals surface area contributed by atoms with Crippen LogP contribution in [0.25, 0.3) is 0 Å². The van der Waals surface area contributed by atoms with E-state index in [4.69, 9.17) is 4.74 Å². The summed E-state index contributed by atoms with van der Waals surface area (Å²) in [4.78, 5) is 2.03. The first kappa shape index (κ1) is 9.37. The van der Waals surface area contributed by atoms with E-state index in [9.17, 15) is 9.50 Å². The quantitative estimate of drug-likeness (QED) is 0.672. The molecule has 2 aliphatic rings. The number of rotatable bonds is 2. The lowest BCUT2D eigenvalue weighted by Crippen LogP contribution is -2.42. The van der Waals surface area contributed by atoms with Gasteiger partial charge in [0.1, 0.15) is 6.17 Å². The lowest BCUT2D eigenvalue weighted by Gasteiger charge is -2.30. The van der Waals surface area contributed by atoms with Crippen LogP contribution in [0, 0.1) is 0 Å². The standard InChI is InChI=1S/C9H16FNO2/c1-13-6-9-2-7(10)4-11(9)5-8(12)3-9/h7-8,12H,2-6H2,1H3. The topological polar surface area (TPSA) is 32.7 Å². The van der Waals surface area contributed by atoms with E-state index >= 15 is 0 Å². The highest BCUT2D eigenvalue weighted by Crippen LogP contribution is 2.40. The molecule has 13 heavy (non-hydrogen) atoms. The Bertz CT molecular complexity index is 186. The molecule has 1 N–H and O–H groups in total. The molecule has 4 heteroatoms. The molecule has 0 aliphatic carbocycles.